The molecule has 1 saturated heterocycles. The molecule has 9 heteroatoms. The van der Waals surface area contributed by atoms with E-state index in [1.165, 1.54) is 34.6 Å². The molecule has 0 saturated carbocycles. The van der Waals surface area contributed by atoms with Crippen LogP contribution in [0.25, 0.3) is 0 Å². The molecule has 0 radical (unpaired) electrons. The number of thiophene rings is 1. The maximum absolute atomic E-state index is 13.7. The van der Waals surface area contributed by atoms with E-state index in [4.69, 9.17) is 0 Å². The lowest BCUT2D eigenvalue weighted by atomic mass is 10.1. The third-order valence-electron chi connectivity index (χ3n) is 4.68. The molecule has 1 amide bonds. The predicted molar refractivity (Wildman–Crippen MR) is 104 cm³/mol. The monoisotopic (exact) mass is 411 g/mol. The average Bonchev–Trinajstić information content (AvgIpc) is 3.11. The van der Waals surface area contributed by atoms with Crippen LogP contribution in [0.4, 0.5) is 9.39 Å². The van der Waals surface area contributed by atoms with Crippen LogP contribution in [0.2, 0.25) is 0 Å². The zero-order valence-electron chi connectivity index (χ0n) is 15.2. The number of carbonyl (C=O) groups excluding carboxylic acids is 1. The minimum Gasteiger partial charge on any atom is -0.313 e. The molecule has 0 atom stereocenters. The first-order valence-corrected chi connectivity index (χ1v) is 10.9. The Hall–Kier alpha value is -1.81. The third kappa shape index (κ3) is 4.37. The Labute approximate surface area is 162 Å². The first kappa shape index (κ1) is 19.9. The van der Waals surface area contributed by atoms with Gasteiger partial charge >= 0.3 is 0 Å². The van der Waals surface area contributed by atoms with Crippen molar-refractivity contribution >= 4 is 32.3 Å². The summed E-state index contributed by atoms with van der Waals surface area (Å²) in [6.45, 7) is 0.944. The maximum Gasteiger partial charge on any atom is 0.259 e. The summed E-state index contributed by atoms with van der Waals surface area (Å²) >= 11 is 0.975. The molecule has 2 heterocycles. The van der Waals surface area contributed by atoms with Gasteiger partial charge in [-0.25, -0.2) is 12.8 Å². The summed E-state index contributed by atoms with van der Waals surface area (Å²) in [5.41, 5.74) is -0.0823. The van der Waals surface area contributed by atoms with E-state index in [2.05, 4.69) is 10.2 Å². The van der Waals surface area contributed by atoms with Crippen LogP contribution in [-0.4, -0.2) is 56.8 Å². The molecule has 27 heavy (non-hydrogen) atoms. The molecule has 0 unspecified atom stereocenters. The van der Waals surface area contributed by atoms with Crippen molar-refractivity contribution in [2.24, 2.45) is 0 Å². The fourth-order valence-electron chi connectivity index (χ4n) is 3.08. The number of piperidine rings is 1. The van der Waals surface area contributed by atoms with Gasteiger partial charge in [-0.2, -0.15) is 4.31 Å². The van der Waals surface area contributed by atoms with Gasteiger partial charge in [0.05, 0.1) is 10.6 Å². The molecule has 3 rings (SSSR count). The zero-order valence-corrected chi connectivity index (χ0v) is 16.8. The third-order valence-corrected chi connectivity index (χ3v) is 8.05. The minimum atomic E-state index is -3.59. The van der Waals surface area contributed by atoms with Crippen LogP contribution in [0.5, 0.6) is 0 Å². The van der Waals surface area contributed by atoms with Crippen LogP contribution in [0.1, 0.15) is 23.2 Å². The highest BCUT2D eigenvalue weighted by atomic mass is 32.2. The van der Waals surface area contributed by atoms with Crippen LogP contribution in [0, 0.1) is 5.82 Å². The zero-order chi connectivity index (χ0) is 19.6. The topological polar surface area (TPSA) is 69.7 Å². The van der Waals surface area contributed by atoms with Gasteiger partial charge in [-0.1, -0.05) is 12.1 Å². The lowest BCUT2D eigenvalue weighted by Gasteiger charge is -2.34. The number of nitrogens with zero attached hydrogens (tertiary/aromatic N) is 2. The summed E-state index contributed by atoms with van der Waals surface area (Å²) in [7, 11) is 0.406. The van der Waals surface area contributed by atoms with Crippen molar-refractivity contribution in [2.75, 3.05) is 32.5 Å². The lowest BCUT2D eigenvalue weighted by Crippen LogP contribution is -2.44. The van der Waals surface area contributed by atoms with Gasteiger partial charge in [-0.05, 0) is 51.2 Å². The van der Waals surface area contributed by atoms with E-state index >= 15 is 0 Å². The first-order valence-electron chi connectivity index (χ1n) is 8.61. The Morgan fingerprint density at radius 2 is 1.85 bits per heavy atom. The number of amides is 1. The molecule has 1 aromatic heterocycles. The van der Waals surface area contributed by atoms with E-state index in [9.17, 15) is 17.6 Å². The van der Waals surface area contributed by atoms with Crippen LogP contribution in [0.15, 0.2) is 40.6 Å². The minimum absolute atomic E-state index is 0.0823. The van der Waals surface area contributed by atoms with Gasteiger partial charge in [-0.3, -0.25) is 4.79 Å². The fraction of sp³-hybridized carbons (Fsp3) is 0.389. The van der Waals surface area contributed by atoms with Gasteiger partial charge in [0.15, 0.2) is 0 Å². The normalized spacial score (nSPS) is 16.6. The number of hydrogen-bond acceptors (Lipinski definition) is 5. The summed E-state index contributed by atoms with van der Waals surface area (Å²) in [6.07, 6.45) is 1.57. The molecule has 2 aromatic rings. The van der Waals surface area contributed by atoms with E-state index in [-0.39, 0.29) is 9.77 Å². The van der Waals surface area contributed by atoms with Crippen LogP contribution in [0.3, 0.4) is 0 Å². The van der Waals surface area contributed by atoms with Crippen LogP contribution >= 0.6 is 11.3 Å². The summed E-state index contributed by atoms with van der Waals surface area (Å²) in [5.74, 6) is -1.23. The summed E-state index contributed by atoms with van der Waals surface area (Å²) in [5, 5.41) is 2.93. The van der Waals surface area contributed by atoms with Crippen molar-refractivity contribution in [3.8, 4) is 0 Å². The number of halogens is 1. The smallest absolute Gasteiger partial charge is 0.259 e. The molecule has 1 aliphatic heterocycles. The Balaban J connectivity index is 1.70. The van der Waals surface area contributed by atoms with Gasteiger partial charge in [-0.15, -0.1) is 11.3 Å². The standard InChI is InChI=1S/C18H22FN3O3S2/c1-21(2)13-9-11-22(12-10-13)27(24,25)17-8-7-16(26-17)20-18(23)14-5-3-4-6-15(14)19/h3-8,13H,9-12H2,1-2H3,(H,20,23). The van der Waals surface area contributed by atoms with Crippen molar-refractivity contribution < 1.29 is 17.6 Å². The highest BCUT2D eigenvalue weighted by molar-refractivity contribution is 7.91. The largest absolute Gasteiger partial charge is 0.313 e. The number of hydrogen-bond donors (Lipinski definition) is 1. The number of nitrogens with one attached hydrogen (secondary N) is 1. The number of anilines is 1. The van der Waals surface area contributed by atoms with Crippen LogP contribution < -0.4 is 5.32 Å². The molecule has 0 aliphatic carbocycles. The molecule has 1 aliphatic rings. The van der Waals surface area contributed by atoms with Crippen molar-refractivity contribution in [2.45, 2.75) is 23.1 Å². The van der Waals surface area contributed by atoms with Gasteiger partial charge in [0.2, 0.25) is 0 Å². The van der Waals surface area contributed by atoms with Gasteiger partial charge in [0.1, 0.15) is 10.0 Å². The van der Waals surface area contributed by atoms with E-state index < -0.39 is 21.7 Å². The Bertz CT molecular complexity index is 919. The van der Waals surface area contributed by atoms with Crippen molar-refractivity contribution in [3.63, 3.8) is 0 Å². The highest BCUT2D eigenvalue weighted by Crippen LogP contribution is 2.30. The number of carbonyl (C=O) groups is 1. The number of rotatable bonds is 5. The fourth-order valence-corrected chi connectivity index (χ4v) is 5.90. The molecule has 1 aromatic carbocycles. The number of benzene rings is 1. The second-order valence-corrected chi connectivity index (χ2v) is 9.90. The summed E-state index contributed by atoms with van der Waals surface area (Å²) in [6, 6.07) is 9.05. The first-order chi connectivity index (χ1) is 12.8. The predicted octanol–water partition coefficient (Wildman–Crippen LogP) is 2.85. The van der Waals surface area contributed by atoms with E-state index in [1.807, 2.05) is 14.1 Å². The molecule has 1 fully saturated rings. The molecule has 6 nitrogen and oxygen atoms in total. The summed E-state index contributed by atoms with van der Waals surface area (Å²) in [4.78, 5) is 14.3. The Morgan fingerprint density at radius 1 is 1.19 bits per heavy atom. The second kappa shape index (κ2) is 8.05. The maximum atomic E-state index is 13.7. The summed E-state index contributed by atoms with van der Waals surface area (Å²) < 4.78 is 41.0. The van der Waals surface area contributed by atoms with Gasteiger partial charge in [0.25, 0.3) is 15.9 Å². The van der Waals surface area contributed by atoms with E-state index in [0.29, 0.717) is 24.1 Å². The van der Waals surface area contributed by atoms with Gasteiger partial charge < -0.3 is 10.2 Å². The molecular weight excluding hydrogens is 389 g/mol. The van der Waals surface area contributed by atoms with Crippen molar-refractivity contribution in [3.05, 3.63) is 47.8 Å². The molecular formula is C18H22FN3O3S2. The molecule has 0 spiro atoms. The Kier molecular flexibility index (Phi) is 5.95. The lowest BCUT2D eigenvalue weighted by molar-refractivity contribution is 0.102. The quantitative estimate of drug-likeness (QED) is 0.821. The highest BCUT2D eigenvalue weighted by Gasteiger charge is 2.31. The van der Waals surface area contributed by atoms with Gasteiger partial charge in [0, 0.05) is 19.1 Å². The molecule has 1 N–H and O–H groups in total. The second-order valence-electron chi connectivity index (χ2n) is 6.65. The average molecular weight is 412 g/mol. The Morgan fingerprint density at radius 3 is 2.48 bits per heavy atom. The van der Waals surface area contributed by atoms with E-state index in [0.717, 1.165) is 24.2 Å². The van der Waals surface area contributed by atoms with E-state index in [1.54, 1.807) is 6.07 Å². The van der Waals surface area contributed by atoms with Crippen LogP contribution in [-0.2, 0) is 10.0 Å². The molecule has 0 bridgehead atoms. The number of sulfonamides is 1. The molecule has 146 valence electrons. The van der Waals surface area contributed by atoms with Crippen molar-refractivity contribution in [1.29, 1.82) is 0 Å². The van der Waals surface area contributed by atoms with Crippen molar-refractivity contribution in [1.82, 2.24) is 9.21 Å². The SMILES string of the molecule is CN(C)C1CCN(S(=O)(=O)c2ccc(NC(=O)c3ccccc3F)s2)CC1.